The lowest BCUT2D eigenvalue weighted by Gasteiger charge is -2.23. The largest absolute Gasteiger partial charge is 0.310 e. The molecular formula is C13H17FN2. The van der Waals surface area contributed by atoms with Crippen molar-refractivity contribution < 1.29 is 4.39 Å². The topological polar surface area (TPSA) is 24.9 Å². The van der Waals surface area contributed by atoms with Crippen LogP contribution in [-0.4, -0.2) is 12.0 Å². The summed E-state index contributed by atoms with van der Waals surface area (Å²) in [5.41, 5.74) is 2.00. The summed E-state index contributed by atoms with van der Waals surface area (Å²) >= 11 is 0. The van der Waals surface area contributed by atoms with Crippen LogP contribution in [0.1, 0.15) is 37.3 Å². The van der Waals surface area contributed by atoms with Crippen LogP contribution >= 0.6 is 0 Å². The molecule has 1 aromatic heterocycles. The summed E-state index contributed by atoms with van der Waals surface area (Å²) in [4.78, 5) is 3.78. The minimum atomic E-state index is -0.228. The molecule has 2 nitrogen and oxygen atoms in total. The molecule has 0 saturated heterocycles. The SMILES string of the molecule is CNC(C1=CCCCC1)c1ccncc1F. The van der Waals surface area contributed by atoms with Crippen LogP contribution in [0.2, 0.25) is 0 Å². The molecule has 0 radical (unpaired) electrons. The lowest BCUT2D eigenvalue weighted by molar-refractivity contribution is 0.543. The van der Waals surface area contributed by atoms with Crippen molar-refractivity contribution >= 4 is 0 Å². The van der Waals surface area contributed by atoms with E-state index in [9.17, 15) is 4.39 Å². The van der Waals surface area contributed by atoms with Crippen LogP contribution in [0.25, 0.3) is 0 Å². The van der Waals surface area contributed by atoms with Gasteiger partial charge in [0.2, 0.25) is 0 Å². The maximum atomic E-state index is 13.7. The number of hydrogen-bond donors (Lipinski definition) is 1. The van der Waals surface area contributed by atoms with E-state index >= 15 is 0 Å². The average molecular weight is 220 g/mol. The van der Waals surface area contributed by atoms with E-state index in [-0.39, 0.29) is 11.9 Å². The van der Waals surface area contributed by atoms with Crippen LogP contribution in [0.3, 0.4) is 0 Å². The fraction of sp³-hybridized carbons (Fsp3) is 0.462. The predicted octanol–water partition coefficient (Wildman–Crippen LogP) is 2.98. The van der Waals surface area contributed by atoms with E-state index in [1.54, 1.807) is 12.3 Å². The van der Waals surface area contributed by atoms with Gasteiger partial charge in [-0.25, -0.2) is 4.39 Å². The van der Waals surface area contributed by atoms with Crippen LogP contribution in [-0.2, 0) is 0 Å². The number of nitrogens with zero attached hydrogens (tertiary/aromatic N) is 1. The number of halogens is 1. The minimum Gasteiger partial charge on any atom is -0.310 e. The molecule has 1 aliphatic rings. The number of nitrogens with one attached hydrogen (secondary N) is 1. The monoisotopic (exact) mass is 220 g/mol. The van der Waals surface area contributed by atoms with Crippen LogP contribution in [0, 0.1) is 5.82 Å². The molecule has 0 bridgehead atoms. The fourth-order valence-electron chi connectivity index (χ4n) is 2.29. The van der Waals surface area contributed by atoms with E-state index in [4.69, 9.17) is 0 Å². The highest BCUT2D eigenvalue weighted by Crippen LogP contribution is 2.30. The Morgan fingerprint density at radius 1 is 1.44 bits per heavy atom. The summed E-state index contributed by atoms with van der Waals surface area (Å²) in [7, 11) is 1.87. The molecule has 1 atom stereocenters. The molecule has 1 aromatic rings. The lowest BCUT2D eigenvalue weighted by atomic mass is 9.90. The van der Waals surface area contributed by atoms with Gasteiger partial charge in [-0.15, -0.1) is 0 Å². The molecule has 0 amide bonds. The summed E-state index contributed by atoms with van der Waals surface area (Å²) in [6.45, 7) is 0. The smallest absolute Gasteiger partial charge is 0.146 e. The number of hydrogen-bond acceptors (Lipinski definition) is 2. The summed E-state index contributed by atoms with van der Waals surface area (Å²) in [5.74, 6) is -0.228. The van der Waals surface area contributed by atoms with Crippen LogP contribution < -0.4 is 5.32 Å². The van der Waals surface area contributed by atoms with Gasteiger partial charge >= 0.3 is 0 Å². The van der Waals surface area contributed by atoms with Gasteiger partial charge in [-0.2, -0.15) is 0 Å². The zero-order valence-electron chi connectivity index (χ0n) is 9.54. The van der Waals surface area contributed by atoms with E-state index < -0.39 is 0 Å². The Kier molecular flexibility index (Phi) is 3.67. The average Bonchev–Trinajstić information content (AvgIpc) is 2.34. The third-order valence-electron chi connectivity index (χ3n) is 3.10. The summed E-state index contributed by atoms with van der Waals surface area (Å²) < 4.78 is 13.7. The van der Waals surface area contributed by atoms with Gasteiger partial charge in [0, 0.05) is 11.8 Å². The first-order chi connectivity index (χ1) is 7.83. The van der Waals surface area contributed by atoms with E-state index in [2.05, 4.69) is 16.4 Å². The van der Waals surface area contributed by atoms with Crippen molar-refractivity contribution in [3.05, 3.63) is 41.5 Å². The third kappa shape index (κ3) is 2.30. The van der Waals surface area contributed by atoms with Crippen LogP contribution in [0.4, 0.5) is 4.39 Å². The van der Waals surface area contributed by atoms with E-state index in [0.717, 1.165) is 12.8 Å². The number of likely N-dealkylation sites (N-methyl/N-ethyl adjacent to an activating group) is 1. The Balaban J connectivity index is 2.28. The number of aromatic nitrogens is 1. The van der Waals surface area contributed by atoms with Gasteiger partial charge in [-0.05, 0) is 38.8 Å². The fourth-order valence-corrected chi connectivity index (χ4v) is 2.29. The third-order valence-corrected chi connectivity index (χ3v) is 3.10. The highest BCUT2D eigenvalue weighted by molar-refractivity contribution is 5.28. The predicted molar refractivity (Wildman–Crippen MR) is 62.5 cm³/mol. The van der Waals surface area contributed by atoms with Gasteiger partial charge in [0.15, 0.2) is 0 Å². The van der Waals surface area contributed by atoms with Gasteiger partial charge in [0.25, 0.3) is 0 Å². The lowest BCUT2D eigenvalue weighted by Crippen LogP contribution is -2.21. The number of pyridine rings is 1. The van der Waals surface area contributed by atoms with Crippen molar-refractivity contribution in [1.82, 2.24) is 10.3 Å². The highest BCUT2D eigenvalue weighted by Gasteiger charge is 2.19. The summed E-state index contributed by atoms with van der Waals surface area (Å²) in [5, 5.41) is 3.19. The molecule has 3 heteroatoms. The molecule has 0 saturated carbocycles. The van der Waals surface area contributed by atoms with Crippen LogP contribution in [0.15, 0.2) is 30.1 Å². The molecule has 0 aromatic carbocycles. The van der Waals surface area contributed by atoms with Gasteiger partial charge in [0.05, 0.1) is 12.2 Å². The molecule has 1 aliphatic carbocycles. The maximum absolute atomic E-state index is 13.7. The Hall–Kier alpha value is -1.22. The minimum absolute atomic E-state index is 0.00306. The maximum Gasteiger partial charge on any atom is 0.146 e. The van der Waals surface area contributed by atoms with Crippen molar-refractivity contribution in [1.29, 1.82) is 0 Å². The zero-order chi connectivity index (χ0) is 11.4. The standard InChI is InChI=1S/C13H17FN2/c1-15-13(10-5-3-2-4-6-10)11-7-8-16-9-12(11)14/h5,7-9,13,15H,2-4,6H2,1H3. The summed E-state index contributed by atoms with van der Waals surface area (Å²) in [6.07, 6.45) is 9.79. The zero-order valence-corrected chi connectivity index (χ0v) is 9.54. The Bertz CT molecular complexity index is 387. The normalized spacial score (nSPS) is 18.0. The second kappa shape index (κ2) is 5.21. The molecule has 86 valence electrons. The van der Waals surface area contributed by atoms with E-state index in [0.29, 0.717) is 5.56 Å². The second-order valence-electron chi connectivity index (χ2n) is 4.14. The number of rotatable bonds is 3. The van der Waals surface area contributed by atoms with Gasteiger partial charge in [0.1, 0.15) is 5.82 Å². The molecule has 0 fully saturated rings. The molecule has 1 N–H and O–H groups in total. The Labute approximate surface area is 95.6 Å². The highest BCUT2D eigenvalue weighted by atomic mass is 19.1. The molecular weight excluding hydrogens is 203 g/mol. The van der Waals surface area contributed by atoms with Crippen molar-refractivity contribution in [2.45, 2.75) is 31.7 Å². The first-order valence-corrected chi connectivity index (χ1v) is 5.78. The quantitative estimate of drug-likeness (QED) is 0.792. The molecule has 0 spiro atoms. The first kappa shape index (κ1) is 11.3. The Morgan fingerprint density at radius 2 is 2.31 bits per heavy atom. The van der Waals surface area contributed by atoms with Crippen LogP contribution in [0.5, 0.6) is 0 Å². The molecule has 0 aliphatic heterocycles. The van der Waals surface area contributed by atoms with Gasteiger partial charge < -0.3 is 5.32 Å². The molecule has 2 rings (SSSR count). The van der Waals surface area contributed by atoms with Crippen molar-refractivity contribution in [3.63, 3.8) is 0 Å². The van der Waals surface area contributed by atoms with Crippen molar-refractivity contribution in [3.8, 4) is 0 Å². The Morgan fingerprint density at radius 3 is 2.94 bits per heavy atom. The van der Waals surface area contributed by atoms with Gasteiger partial charge in [-0.1, -0.05) is 11.6 Å². The van der Waals surface area contributed by atoms with E-state index in [1.165, 1.54) is 24.6 Å². The van der Waals surface area contributed by atoms with Gasteiger partial charge in [-0.3, -0.25) is 4.98 Å². The molecule has 16 heavy (non-hydrogen) atoms. The van der Waals surface area contributed by atoms with Crippen molar-refractivity contribution in [2.75, 3.05) is 7.05 Å². The summed E-state index contributed by atoms with van der Waals surface area (Å²) in [6, 6.07) is 1.76. The van der Waals surface area contributed by atoms with E-state index in [1.807, 2.05) is 7.05 Å². The number of allylic oxidation sites excluding steroid dienone is 1. The first-order valence-electron chi connectivity index (χ1n) is 5.78. The second-order valence-corrected chi connectivity index (χ2v) is 4.14. The van der Waals surface area contributed by atoms with Crippen molar-refractivity contribution in [2.24, 2.45) is 0 Å². The molecule has 1 heterocycles. The molecule has 1 unspecified atom stereocenters.